The van der Waals surface area contributed by atoms with Crippen molar-refractivity contribution in [3.8, 4) is 0 Å². The Morgan fingerprint density at radius 1 is 1.08 bits per heavy atom. The first-order chi connectivity index (χ1) is 11.6. The van der Waals surface area contributed by atoms with Gasteiger partial charge in [0.2, 0.25) is 0 Å². The molecule has 0 spiro atoms. The Kier molecular flexibility index (Phi) is 4.48. The summed E-state index contributed by atoms with van der Waals surface area (Å²) < 4.78 is 28.7. The maximum atomic E-state index is 14.3. The summed E-state index contributed by atoms with van der Waals surface area (Å²) in [7, 11) is 0. The lowest BCUT2D eigenvalue weighted by Gasteiger charge is -2.26. The van der Waals surface area contributed by atoms with Gasteiger partial charge in [0.25, 0.3) is 0 Å². The summed E-state index contributed by atoms with van der Waals surface area (Å²) in [5.74, 6) is -1.66. The zero-order chi connectivity index (χ0) is 17.1. The van der Waals surface area contributed by atoms with Crippen molar-refractivity contribution in [1.29, 1.82) is 0 Å². The molecular formula is C18H15F2N3O. The van der Waals surface area contributed by atoms with Crippen LogP contribution in [0.25, 0.3) is 5.57 Å². The van der Waals surface area contributed by atoms with E-state index in [1.807, 2.05) is 0 Å². The number of halogens is 2. The predicted molar refractivity (Wildman–Crippen MR) is 85.9 cm³/mol. The maximum absolute atomic E-state index is 14.3. The SMILES string of the molecule is C=C(c1ccc(F)cc1)C(c1ccccc1F)C(O)n1cncn1. The van der Waals surface area contributed by atoms with Crippen LogP contribution in [0.3, 0.4) is 0 Å². The van der Waals surface area contributed by atoms with Crippen molar-refractivity contribution in [2.24, 2.45) is 0 Å². The Bertz CT molecular complexity index is 832. The molecule has 3 rings (SSSR count). The van der Waals surface area contributed by atoms with Crippen LogP contribution < -0.4 is 0 Å². The van der Waals surface area contributed by atoms with Gasteiger partial charge in [-0.25, -0.2) is 18.4 Å². The molecule has 1 aromatic heterocycles. The van der Waals surface area contributed by atoms with E-state index in [4.69, 9.17) is 0 Å². The number of aromatic nitrogens is 3. The highest BCUT2D eigenvalue weighted by Gasteiger charge is 2.29. The highest BCUT2D eigenvalue weighted by molar-refractivity contribution is 5.70. The van der Waals surface area contributed by atoms with Gasteiger partial charge in [-0.15, -0.1) is 0 Å². The first-order valence-corrected chi connectivity index (χ1v) is 7.29. The molecule has 0 amide bonds. The van der Waals surface area contributed by atoms with Gasteiger partial charge >= 0.3 is 0 Å². The normalized spacial score (nSPS) is 13.5. The zero-order valence-corrected chi connectivity index (χ0v) is 12.7. The lowest BCUT2D eigenvalue weighted by Crippen LogP contribution is -2.20. The largest absolute Gasteiger partial charge is 0.371 e. The Morgan fingerprint density at radius 3 is 2.42 bits per heavy atom. The molecule has 0 fully saturated rings. The van der Waals surface area contributed by atoms with Gasteiger partial charge in [0.15, 0.2) is 6.23 Å². The van der Waals surface area contributed by atoms with Crippen molar-refractivity contribution in [2.45, 2.75) is 12.1 Å². The van der Waals surface area contributed by atoms with Gasteiger partial charge in [-0.1, -0.05) is 36.9 Å². The van der Waals surface area contributed by atoms with Crippen LogP contribution in [0.1, 0.15) is 23.3 Å². The fourth-order valence-electron chi connectivity index (χ4n) is 2.61. The molecule has 4 nitrogen and oxygen atoms in total. The molecule has 0 saturated carbocycles. The monoisotopic (exact) mass is 327 g/mol. The van der Waals surface area contributed by atoms with Crippen molar-refractivity contribution >= 4 is 5.57 Å². The maximum Gasteiger partial charge on any atom is 0.159 e. The van der Waals surface area contributed by atoms with Gasteiger partial charge in [0.05, 0.1) is 5.92 Å². The van der Waals surface area contributed by atoms with Crippen LogP contribution in [-0.2, 0) is 0 Å². The Hall–Kier alpha value is -2.86. The topological polar surface area (TPSA) is 50.9 Å². The first-order valence-electron chi connectivity index (χ1n) is 7.29. The van der Waals surface area contributed by atoms with Crippen LogP contribution in [0.5, 0.6) is 0 Å². The van der Waals surface area contributed by atoms with Crippen LogP contribution in [0, 0.1) is 11.6 Å². The van der Waals surface area contributed by atoms with Crippen LogP contribution in [0.15, 0.2) is 67.8 Å². The van der Waals surface area contributed by atoms with Gasteiger partial charge in [0, 0.05) is 0 Å². The molecule has 2 unspecified atom stereocenters. The Morgan fingerprint density at radius 2 is 1.79 bits per heavy atom. The van der Waals surface area contributed by atoms with E-state index in [2.05, 4.69) is 16.7 Å². The molecular weight excluding hydrogens is 312 g/mol. The summed E-state index contributed by atoms with van der Waals surface area (Å²) >= 11 is 0. The summed E-state index contributed by atoms with van der Waals surface area (Å²) in [5, 5.41) is 14.6. The van der Waals surface area contributed by atoms with Crippen LogP contribution in [-0.4, -0.2) is 19.9 Å². The molecule has 122 valence electrons. The number of nitrogens with zero attached hydrogens (tertiary/aromatic N) is 3. The molecule has 6 heteroatoms. The fourth-order valence-corrected chi connectivity index (χ4v) is 2.61. The van der Waals surface area contributed by atoms with Crippen molar-refractivity contribution in [3.63, 3.8) is 0 Å². The quantitative estimate of drug-likeness (QED) is 0.780. The lowest BCUT2D eigenvalue weighted by atomic mass is 9.86. The average Bonchev–Trinajstić information content (AvgIpc) is 3.12. The fraction of sp³-hybridized carbons (Fsp3) is 0.111. The molecule has 2 atom stereocenters. The third-order valence-corrected chi connectivity index (χ3v) is 3.84. The molecule has 0 aliphatic heterocycles. The summed E-state index contributed by atoms with van der Waals surface area (Å²) in [6.07, 6.45) is 1.42. The standard InChI is InChI=1S/C18H15F2N3O/c1-12(13-6-8-14(19)9-7-13)17(15-4-2-3-5-16(15)20)18(24)23-11-21-10-22-23/h2-11,17-18,24H,1H2. The number of benzene rings is 2. The number of hydrogen-bond donors (Lipinski definition) is 1. The van der Waals surface area contributed by atoms with Crippen molar-refractivity contribution in [3.05, 3.63) is 90.5 Å². The van der Waals surface area contributed by atoms with Crippen molar-refractivity contribution in [2.75, 3.05) is 0 Å². The van der Waals surface area contributed by atoms with E-state index >= 15 is 0 Å². The lowest BCUT2D eigenvalue weighted by molar-refractivity contribution is 0.0775. The number of aliphatic hydroxyl groups is 1. The smallest absolute Gasteiger partial charge is 0.159 e. The third kappa shape index (κ3) is 3.09. The number of aliphatic hydroxyl groups excluding tert-OH is 1. The minimum absolute atomic E-state index is 0.273. The van der Waals surface area contributed by atoms with Crippen molar-refractivity contribution in [1.82, 2.24) is 14.8 Å². The second kappa shape index (κ2) is 6.72. The van der Waals surface area contributed by atoms with E-state index in [9.17, 15) is 13.9 Å². The van der Waals surface area contributed by atoms with Crippen LogP contribution in [0.4, 0.5) is 8.78 Å². The molecule has 0 bridgehead atoms. The molecule has 3 aromatic rings. The van der Waals surface area contributed by atoms with E-state index in [0.29, 0.717) is 11.1 Å². The first kappa shape index (κ1) is 16.0. The summed E-state index contributed by atoms with van der Waals surface area (Å²) in [6, 6.07) is 11.8. The molecule has 1 heterocycles. The molecule has 0 aliphatic carbocycles. The average molecular weight is 327 g/mol. The molecule has 0 saturated heterocycles. The van der Waals surface area contributed by atoms with E-state index in [-0.39, 0.29) is 11.4 Å². The molecule has 2 aromatic carbocycles. The van der Waals surface area contributed by atoms with E-state index in [0.717, 1.165) is 0 Å². The van der Waals surface area contributed by atoms with Crippen LogP contribution >= 0.6 is 0 Å². The summed E-state index contributed by atoms with van der Waals surface area (Å²) in [4.78, 5) is 3.80. The van der Waals surface area contributed by atoms with E-state index in [1.165, 1.54) is 35.5 Å². The van der Waals surface area contributed by atoms with Crippen LogP contribution in [0.2, 0.25) is 0 Å². The van der Waals surface area contributed by atoms with Gasteiger partial charge in [-0.05, 0) is 34.9 Å². The third-order valence-electron chi connectivity index (χ3n) is 3.84. The van der Waals surface area contributed by atoms with Gasteiger partial charge in [-0.2, -0.15) is 5.10 Å². The second-order valence-electron chi connectivity index (χ2n) is 5.32. The molecule has 0 radical (unpaired) electrons. The van der Waals surface area contributed by atoms with E-state index < -0.39 is 18.0 Å². The number of hydrogen-bond acceptors (Lipinski definition) is 3. The zero-order valence-electron chi connectivity index (χ0n) is 12.7. The highest BCUT2D eigenvalue weighted by atomic mass is 19.1. The summed E-state index contributed by atoms with van der Waals surface area (Å²) in [5.41, 5.74) is 1.32. The molecule has 1 N–H and O–H groups in total. The van der Waals surface area contributed by atoms with E-state index in [1.54, 1.807) is 30.3 Å². The van der Waals surface area contributed by atoms with Crippen molar-refractivity contribution < 1.29 is 13.9 Å². The Labute approximate surface area is 137 Å². The highest BCUT2D eigenvalue weighted by Crippen LogP contribution is 2.39. The van der Waals surface area contributed by atoms with Gasteiger partial charge < -0.3 is 5.11 Å². The van der Waals surface area contributed by atoms with Gasteiger partial charge in [-0.3, -0.25) is 0 Å². The minimum Gasteiger partial charge on any atom is -0.371 e. The second-order valence-corrected chi connectivity index (χ2v) is 5.32. The Balaban J connectivity index is 2.06. The summed E-state index contributed by atoms with van der Waals surface area (Å²) in [6.45, 7) is 3.99. The minimum atomic E-state index is -1.21. The van der Waals surface area contributed by atoms with Gasteiger partial charge in [0.1, 0.15) is 24.3 Å². The number of rotatable bonds is 5. The predicted octanol–water partition coefficient (Wildman–Crippen LogP) is 3.54. The molecule has 0 aliphatic rings. The molecule has 24 heavy (non-hydrogen) atoms.